The van der Waals surface area contributed by atoms with Crippen LogP contribution in [0.15, 0.2) is 57.9 Å². The zero-order valence-corrected chi connectivity index (χ0v) is 17.1. The number of hydrogen-bond donors (Lipinski definition) is 0. The Morgan fingerprint density at radius 2 is 1.77 bits per heavy atom. The monoisotopic (exact) mass is 430 g/mol. The van der Waals surface area contributed by atoms with Gasteiger partial charge in [-0.15, -0.1) is 0 Å². The van der Waals surface area contributed by atoms with Crippen LogP contribution in [0.4, 0.5) is 14.9 Å². The van der Waals surface area contributed by atoms with E-state index in [9.17, 15) is 17.6 Å². The highest BCUT2D eigenvalue weighted by Gasteiger charge is 2.42. The van der Waals surface area contributed by atoms with Crippen LogP contribution in [0.2, 0.25) is 0 Å². The number of aromatic nitrogens is 2. The molecule has 2 heterocycles. The molecule has 3 aromatic rings. The largest absolute Gasteiger partial charge is 0.339 e. The molecule has 0 unspecified atom stereocenters. The zero-order valence-electron chi connectivity index (χ0n) is 16.3. The second-order valence-corrected chi connectivity index (χ2v) is 9.01. The minimum Gasteiger partial charge on any atom is -0.337 e. The summed E-state index contributed by atoms with van der Waals surface area (Å²) < 4.78 is 45.5. The van der Waals surface area contributed by atoms with Crippen LogP contribution in [0.3, 0.4) is 0 Å². The summed E-state index contributed by atoms with van der Waals surface area (Å²) in [5.74, 6) is 0.291. The van der Waals surface area contributed by atoms with Crippen molar-refractivity contribution in [1.82, 2.24) is 14.4 Å². The predicted molar refractivity (Wildman–Crippen MR) is 106 cm³/mol. The Bertz CT molecular complexity index is 1190. The fraction of sp³-hybridized carbons (Fsp3) is 0.250. The number of para-hydroxylation sites is 1. The quantitative estimate of drug-likeness (QED) is 0.613. The molecule has 0 radical (unpaired) electrons. The van der Waals surface area contributed by atoms with E-state index >= 15 is 0 Å². The van der Waals surface area contributed by atoms with Crippen LogP contribution in [0.25, 0.3) is 0 Å². The van der Waals surface area contributed by atoms with Crippen LogP contribution in [-0.4, -0.2) is 28.9 Å². The van der Waals surface area contributed by atoms with E-state index in [0.29, 0.717) is 11.4 Å². The van der Waals surface area contributed by atoms with Gasteiger partial charge >= 0.3 is 6.03 Å². The second-order valence-electron chi connectivity index (χ2n) is 7.18. The van der Waals surface area contributed by atoms with E-state index in [-0.39, 0.29) is 35.5 Å². The first-order valence-corrected chi connectivity index (χ1v) is 10.7. The lowest BCUT2D eigenvalue weighted by molar-refractivity contribution is 0.225. The fourth-order valence-corrected chi connectivity index (χ4v) is 4.67. The Labute approximate surface area is 173 Å². The molecular weight excluding hydrogens is 411 g/mol. The lowest BCUT2D eigenvalue weighted by Gasteiger charge is -2.35. The van der Waals surface area contributed by atoms with Gasteiger partial charge in [0.1, 0.15) is 17.3 Å². The number of halogens is 1. The Kier molecular flexibility index (Phi) is 5.02. The molecule has 8 nitrogen and oxygen atoms in total. The molecule has 2 aromatic carbocycles. The third kappa shape index (κ3) is 3.54. The third-order valence-corrected chi connectivity index (χ3v) is 6.47. The number of sulfonamides is 1. The topological polar surface area (TPSA) is 96.6 Å². The van der Waals surface area contributed by atoms with Crippen LogP contribution in [0, 0.1) is 5.82 Å². The second kappa shape index (κ2) is 7.52. The van der Waals surface area contributed by atoms with Crippen molar-refractivity contribution in [1.29, 1.82) is 0 Å². The highest BCUT2D eigenvalue weighted by Crippen LogP contribution is 2.36. The number of benzene rings is 2. The van der Waals surface area contributed by atoms with Gasteiger partial charge in [0, 0.05) is 5.92 Å². The van der Waals surface area contributed by atoms with Crippen LogP contribution in [0.1, 0.15) is 37.0 Å². The van der Waals surface area contributed by atoms with Gasteiger partial charge in [-0.1, -0.05) is 43.3 Å². The molecule has 4 rings (SSSR count). The number of hydrogen-bond acceptors (Lipinski definition) is 6. The van der Waals surface area contributed by atoms with Gasteiger partial charge in [-0.3, -0.25) is 4.90 Å². The summed E-state index contributed by atoms with van der Waals surface area (Å²) in [7, 11) is -4.09. The van der Waals surface area contributed by atoms with E-state index in [1.54, 1.807) is 18.2 Å². The third-order valence-electron chi connectivity index (χ3n) is 4.70. The number of anilines is 1. The Balaban J connectivity index is 1.73. The first-order chi connectivity index (χ1) is 14.3. The zero-order chi connectivity index (χ0) is 21.5. The SMILES string of the molecule is CC(C)c1noc(CN2C(=O)N(Cc3ccc(F)cc3)S(=O)(=O)c3ccccc32)n1. The molecular formula is C20H19FN4O4S. The average Bonchev–Trinajstić information content (AvgIpc) is 3.19. The van der Waals surface area contributed by atoms with E-state index in [1.165, 1.54) is 35.2 Å². The Hall–Kier alpha value is -3.27. The minimum atomic E-state index is -4.09. The smallest absolute Gasteiger partial charge is 0.337 e. The lowest BCUT2D eigenvalue weighted by Crippen LogP contribution is -2.50. The van der Waals surface area contributed by atoms with Crippen molar-refractivity contribution in [2.45, 2.75) is 37.8 Å². The van der Waals surface area contributed by atoms with Crippen molar-refractivity contribution in [2.24, 2.45) is 0 Å². The van der Waals surface area contributed by atoms with Gasteiger partial charge < -0.3 is 4.52 Å². The molecule has 0 saturated carbocycles. The summed E-state index contributed by atoms with van der Waals surface area (Å²) >= 11 is 0. The first-order valence-electron chi connectivity index (χ1n) is 9.27. The van der Waals surface area contributed by atoms with Crippen LogP contribution < -0.4 is 4.90 Å². The standard InChI is InChI=1S/C20H19FN4O4S/c1-13(2)19-22-18(29-23-19)12-24-16-5-3-4-6-17(16)30(27,28)25(20(24)26)11-14-7-9-15(21)10-8-14/h3-10,13H,11-12H2,1-2H3. The lowest BCUT2D eigenvalue weighted by atomic mass is 10.2. The van der Waals surface area contributed by atoms with Crippen molar-refractivity contribution in [3.05, 3.63) is 71.6 Å². The molecule has 2 amide bonds. The van der Waals surface area contributed by atoms with Crippen LogP contribution in [-0.2, 0) is 23.1 Å². The van der Waals surface area contributed by atoms with Gasteiger partial charge in [0.05, 0.1) is 12.2 Å². The maximum atomic E-state index is 13.2. The molecule has 0 spiro atoms. The molecule has 0 fully saturated rings. The maximum absolute atomic E-state index is 13.2. The van der Waals surface area contributed by atoms with Crippen molar-refractivity contribution in [3.63, 3.8) is 0 Å². The fourth-order valence-electron chi connectivity index (χ4n) is 3.12. The molecule has 0 bridgehead atoms. The van der Waals surface area contributed by atoms with Gasteiger partial charge in [-0.05, 0) is 29.8 Å². The van der Waals surface area contributed by atoms with Gasteiger partial charge in [-0.2, -0.15) is 4.98 Å². The number of nitrogens with zero attached hydrogens (tertiary/aromatic N) is 4. The van der Waals surface area contributed by atoms with E-state index in [4.69, 9.17) is 4.52 Å². The predicted octanol–water partition coefficient (Wildman–Crippen LogP) is 3.66. The molecule has 156 valence electrons. The van der Waals surface area contributed by atoms with Crippen LogP contribution in [0.5, 0.6) is 0 Å². The van der Waals surface area contributed by atoms with Crippen molar-refractivity contribution in [3.8, 4) is 0 Å². The summed E-state index contributed by atoms with van der Waals surface area (Å²) in [5, 5.41) is 3.89. The van der Waals surface area contributed by atoms with Crippen molar-refractivity contribution < 1.29 is 22.1 Å². The molecule has 10 heteroatoms. The van der Waals surface area contributed by atoms with Crippen molar-refractivity contribution >= 4 is 21.7 Å². The summed E-state index contributed by atoms with van der Waals surface area (Å²) in [6.07, 6.45) is 0. The first kappa shape index (κ1) is 20.0. The summed E-state index contributed by atoms with van der Waals surface area (Å²) in [6, 6.07) is 10.8. The maximum Gasteiger partial charge on any atom is 0.339 e. The average molecular weight is 430 g/mol. The number of carbonyl (C=O) groups is 1. The van der Waals surface area contributed by atoms with Gasteiger partial charge in [0.2, 0.25) is 5.89 Å². The summed E-state index contributed by atoms with van der Waals surface area (Å²) in [4.78, 5) is 18.8. The molecule has 0 N–H and O–H groups in total. The Morgan fingerprint density at radius 3 is 2.43 bits per heavy atom. The summed E-state index contributed by atoms with van der Waals surface area (Å²) in [6.45, 7) is 3.51. The normalized spacial score (nSPS) is 15.5. The molecule has 30 heavy (non-hydrogen) atoms. The Morgan fingerprint density at radius 1 is 1.07 bits per heavy atom. The van der Waals surface area contributed by atoms with E-state index < -0.39 is 21.9 Å². The van der Waals surface area contributed by atoms with E-state index in [1.807, 2.05) is 13.8 Å². The van der Waals surface area contributed by atoms with E-state index in [2.05, 4.69) is 10.1 Å². The van der Waals surface area contributed by atoms with Gasteiger partial charge in [0.15, 0.2) is 5.82 Å². The number of urea groups is 1. The number of rotatable bonds is 5. The number of fused-ring (bicyclic) bond motifs is 1. The number of carbonyl (C=O) groups excluding carboxylic acids is 1. The summed E-state index contributed by atoms with van der Waals surface area (Å²) in [5.41, 5.74) is 0.717. The highest BCUT2D eigenvalue weighted by molar-refractivity contribution is 7.90. The van der Waals surface area contributed by atoms with Gasteiger partial charge in [0.25, 0.3) is 10.0 Å². The molecule has 0 aliphatic carbocycles. The van der Waals surface area contributed by atoms with E-state index in [0.717, 1.165) is 4.31 Å². The molecule has 1 aromatic heterocycles. The van der Waals surface area contributed by atoms with Crippen molar-refractivity contribution in [2.75, 3.05) is 4.90 Å². The van der Waals surface area contributed by atoms with Gasteiger partial charge in [-0.25, -0.2) is 21.9 Å². The minimum absolute atomic E-state index is 0.00434. The number of amides is 2. The molecule has 0 atom stereocenters. The molecule has 1 aliphatic rings. The molecule has 0 saturated heterocycles. The van der Waals surface area contributed by atoms with Crippen LogP contribution >= 0.6 is 0 Å². The molecule has 1 aliphatic heterocycles. The highest BCUT2D eigenvalue weighted by atomic mass is 32.2.